The van der Waals surface area contributed by atoms with Gasteiger partial charge in [0, 0.05) is 6.08 Å². The highest BCUT2D eigenvalue weighted by Gasteiger charge is 2.26. The molecule has 0 atom stereocenters. The van der Waals surface area contributed by atoms with E-state index in [1.165, 1.54) is 42.1 Å². The molecule has 0 fully saturated rings. The van der Waals surface area contributed by atoms with Crippen molar-refractivity contribution in [3.05, 3.63) is 101 Å². The van der Waals surface area contributed by atoms with E-state index in [0.29, 0.717) is 0 Å². The van der Waals surface area contributed by atoms with Crippen molar-refractivity contribution in [3.8, 4) is 0 Å². The Bertz CT molecular complexity index is 919. The number of hydrogen-bond donors (Lipinski definition) is 0. The van der Waals surface area contributed by atoms with Gasteiger partial charge in [-0.05, 0) is 68.2 Å². The van der Waals surface area contributed by atoms with E-state index >= 15 is 0 Å². The van der Waals surface area contributed by atoms with Gasteiger partial charge < -0.3 is 4.74 Å². The first-order valence-corrected chi connectivity index (χ1v) is 11.1. The molecule has 0 unspecified atom stereocenters. The van der Waals surface area contributed by atoms with Gasteiger partial charge in [0.15, 0.2) is 0 Å². The van der Waals surface area contributed by atoms with Gasteiger partial charge in [-0.3, -0.25) is 0 Å². The molecule has 0 spiro atoms. The van der Waals surface area contributed by atoms with Crippen molar-refractivity contribution in [1.29, 1.82) is 0 Å². The number of ether oxygens (including phenoxy) is 1. The molecular weight excluding hydrogens is 380 g/mol. The number of rotatable bonds is 8. The molecule has 0 bridgehead atoms. The Morgan fingerprint density at radius 1 is 1.06 bits per heavy atom. The minimum atomic E-state index is -0.331. The molecule has 1 aromatic rings. The number of carbonyl (C=O) groups is 1. The maximum atomic E-state index is 11.9. The van der Waals surface area contributed by atoms with Gasteiger partial charge in [-0.1, -0.05) is 91.8 Å². The number of benzene rings is 1. The lowest BCUT2D eigenvalue weighted by Gasteiger charge is -2.32. The summed E-state index contributed by atoms with van der Waals surface area (Å²) in [6.45, 7) is 11.2. The smallest absolute Gasteiger partial charge is 0.331 e. The van der Waals surface area contributed by atoms with Crippen molar-refractivity contribution in [2.24, 2.45) is 5.41 Å². The van der Waals surface area contributed by atoms with E-state index in [2.05, 4.69) is 45.9 Å². The third kappa shape index (κ3) is 8.80. The van der Waals surface area contributed by atoms with Crippen molar-refractivity contribution >= 4 is 12.0 Å². The molecule has 0 heterocycles. The summed E-state index contributed by atoms with van der Waals surface area (Å²) in [4.78, 5) is 11.9. The van der Waals surface area contributed by atoms with Gasteiger partial charge in [-0.25, -0.2) is 4.79 Å². The van der Waals surface area contributed by atoms with E-state index in [0.717, 1.165) is 11.1 Å². The molecule has 2 heteroatoms. The van der Waals surface area contributed by atoms with Gasteiger partial charge in [-0.15, -0.1) is 0 Å². The largest absolute Gasteiger partial charge is 0.458 e. The minimum Gasteiger partial charge on any atom is -0.458 e. The van der Waals surface area contributed by atoms with Crippen LogP contribution in [0, 0.1) is 5.41 Å². The first-order valence-electron chi connectivity index (χ1n) is 11.1. The first-order chi connectivity index (χ1) is 14.8. The zero-order valence-corrected chi connectivity index (χ0v) is 19.7. The Hall–Kier alpha value is -2.87. The zero-order chi connectivity index (χ0) is 22.7. The van der Waals surface area contributed by atoms with Crippen molar-refractivity contribution in [2.45, 2.75) is 53.9 Å². The molecule has 2 nitrogen and oxygen atoms in total. The average Bonchev–Trinajstić information content (AvgIpc) is 2.71. The molecule has 0 radical (unpaired) electrons. The Balaban J connectivity index is 1.84. The molecule has 0 saturated carbocycles. The van der Waals surface area contributed by atoms with Crippen LogP contribution in [0.15, 0.2) is 95.2 Å². The molecule has 1 aromatic carbocycles. The van der Waals surface area contributed by atoms with Gasteiger partial charge in [0.25, 0.3) is 0 Å². The minimum absolute atomic E-state index is 0.255. The van der Waals surface area contributed by atoms with Crippen LogP contribution in [0.25, 0.3) is 6.08 Å². The highest BCUT2D eigenvalue weighted by molar-refractivity contribution is 5.83. The lowest BCUT2D eigenvalue weighted by molar-refractivity contribution is -0.136. The summed E-state index contributed by atoms with van der Waals surface area (Å²) in [7, 11) is 0. The lowest BCUT2D eigenvalue weighted by atomic mass is 9.72. The molecule has 1 aliphatic carbocycles. The van der Waals surface area contributed by atoms with Crippen LogP contribution in [0.2, 0.25) is 0 Å². The van der Waals surface area contributed by atoms with Crippen molar-refractivity contribution in [3.63, 3.8) is 0 Å². The fourth-order valence-electron chi connectivity index (χ4n) is 3.79. The highest BCUT2D eigenvalue weighted by Crippen LogP contribution is 2.40. The monoisotopic (exact) mass is 416 g/mol. The van der Waals surface area contributed by atoms with E-state index in [-0.39, 0.29) is 18.0 Å². The van der Waals surface area contributed by atoms with Crippen LogP contribution in [0.5, 0.6) is 0 Å². The molecule has 1 aliphatic rings. The van der Waals surface area contributed by atoms with E-state index in [1.54, 1.807) is 0 Å². The third-order valence-electron chi connectivity index (χ3n) is 5.55. The summed E-state index contributed by atoms with van der Waals surface area (Å²) in [6, 6.07) is 9.94. The van der Waals surface area contributed by atoms with Crippen molar-refractivity contribution in [2.75, 3.05) is 6.61 Å². The van der Waals surface area contributed by atoms with Gasteiger partial charge in [0.2, 0.25) is 0 Å². The quantitative estimate of drug-likeness (QED) is 0.246. The summed E-state index contributed by atoms with van der Waals surface area (Å²) in [5.74, 6) is -0.331. The summed E-state index contributed by atoms with van der Waals surface area (Å²) in [5, 5.41) is 0. The Morgan fingerprint density at radius 3 is 2.52 bits per heavy atom. The molecule has 0 aromatic heterocycles. The maximum absolute atomic E-state index is 11.9. The van der Waals surface area contributed by atoms with Gasteiger partial charge in [0.1, 0.15) is 6.61 Å². The molecule has 2 rings (SSSR count). The number of carbonyl (C=O) groups excluding carboxylic acids is 1. The topological polar surface area (TPSA) is 26.3 Å². The average molecular weight is 417 g/mol. The van der Waals surface area contributed by atoms with Gasteiger partial charge >= 0.3 is 5.97 Å². The first kappa shape index (κ1) is 24.4. The van der Waals surface area contributed by atoms with Crippen LogP contribution >= 0.6 is 0 Å². The zero-order valence-electron chi connectivity index (χ0n) is 19.7. The van der Waals surface area contributed by atoms with E-state index in [1.807, 2.05) is 61.6 Å². The molecule has 0 aliphatic heterocycles. The fourth-order valence-corrected chi connectivity index (χ4v) is 3.79. The molecule has 0 amide bonds. The SMILES string of the molecule is CC1=C(/C=C/C(C)=C/C=C/C(C)=C/C(=O)OC/C=C/c2ccccc2)C(C)(C)CCC1. The Labute approximate surface area is 188 Å². The lowest BCUT2D eigenvalue weighted by Crippen LogP contribution is -2.19. The van der Waals surface area contributed by atoms with Crippen LogP contribution in [-0.4, -0.2) is 12.6 Å². The molecule has 0 saturated heterocycles. The molecule has 0 N–H and O–H groups in total. The van der Waals surface area contributed by atoms with Crippen molar-refractivity contribution < 1.29 is 9.53 Å². The number of hydrogen-bond acceptors (Lipinski definition) is 2. The fraction of sp³-hybridized carbons (Fsp3) is 0.345. The predicted octanol–water partition coefficient (Wildman–Crippen LogP) is 7.77. The van der Waals surface area contributed by atoms with E-state index < -0.39 is 0 Å². The van der Waals surface area contributed by atoms with Crippen molar-refractivity contribution in [1.82, 2.24) is 0 Å². The Kier molecular flexibility index (Phi) is 9.52. The number of esters is 1. The van der Waals surface area contributed by atoms with Crippen LogP contribution < -0.4 is 0 Å². The summed E-state index contributed by atoms with van der Waals surface area (Å²) < 4.78 is 5.23. The molecular formula is C29H36O2. The summed E-state index contributed by atoms with van der Waals surface area (Å²) >= 11 is 0. The maximum Gasteiger partial charge on any atom is 0.331 e. The highest BCUT2D eigenvalue weighted by atomic mass is 16.5. The summed E-state index contributed by atoms with van der Waals surface area (Å²) in [6.07, 6.45) is 19.5. The second kappa shape index (κ2) is 12.1. The van der Waals surface area contributed by atoms with E-state index in [4.69, 9.17) is 4.74 Å². The molecule has 164 valence electrons. The van der Waals surface area contributed by atoms with Gasteiger partial charge in [-0.2, -0.15) is 0 Å². The van der Waals surface area contributed by atoms with Crippen LogP contribution in [0.1, 0.15) is 59.4 Å². The second-order valence-corrected chi connectivity index (χ2v) is 8.87. The number of allylic oxidation sites excluding steroid dienone is 9. The third-order valence-corrected chi connectivity index (χ3v) is 5.55. The van der Waals surface area contributed by atoms with Crippen LogP contribution in [-0.2, 0) is 9.53 Å². The molecule has 31 heavy (non-hydrogen) atoms. The van der Waals surface area contributed by atoms with Gasteiger partial charge in [0.05, 0.1) is 0 Å². The van der Waals surface area contributed by atoms with Crippen LogP contribution in [0.4, 0.5) is 0 Å². The van der Waals surface area contributed by atoms with Crippen LogP contribution in [0.3, 0.4) is 0 Å². The standard InChI is InChI=1S/C29H36O2/c1-23(18-19-27-25(3)14-10-20-29(27,4)5)12-9-13-24(2)22-28(30)31-21-11-17-26-15-7-6-8-16-26/h6-9,11-13,15-19,22H,10,14,20-21H2,1-5H3/b13-9+,17-11+,19-18+,23-12+,24-22+. The summed E-state index contributed by atoms with van der Waals surface area (Å²) in [5.41, 5.74) is 6.35. The van der Waals surface area contributed by atoms with E-state index in [9.17, 15) is 4.79 Å². The normalized spacial score (nSPS) is 17.8. The Morgan fingerprint density at radius 2 is 1.81 bits per heavy atom. The second-order valence-electron chi connectivity index (χ2n) is 8.87. The predicted molar refractivity (Wildman–Crippen MR) is 133 cm³/mol.